The summed E-state index contributed by atoms with van der Waals surface area (Å²) in [6.07, 6.45) is 4.39. The number of hydrogen-bond donors (Lipinski definition) is 1. The van der Waals surface area contributed by atoms with Crippen molar-refractivity contribution in [3.8, 4) is 0 Å². The zero-order valence-corrected chi connectivity index (χ0v) is 15.1. The van der Waals surface area contributed by atoms with Crippen molar-refractivity contribution in [2.24, 2.45) is 4.99 Å². The second-order valence-corrected chi connectivity index (χ2v) is 6.50. The fourth-order valence-corrected chi connectivity index (χ4v) is 2.91. The molecule has 3 rings (SSSR count). The van der Waals surface area contributed by atoms with E-state index in [1.54, 1.807) is 6.26 Å². The van der Waals surface area contributed by atoms with Crippen molar-refractivity contribution >= 4 is 11.8 Å². The second kappa shape index (κ2) is 8.55. The number of aromatic nitrogens is 1. The number of anilines is 1. The van der Waals surface area contributed by atoms with Crippen LogP contribution in [-0.4, -0.2) is 54.6 Å². The molecule has 6 heteroatoms. The average molecular weight is 341 g/mol. The standard InChI is InChI=1S/C19H27N5O/c1-16(2)22-19(21-10-8-17-6-5-15-25-17)24-13-11-23(12-14-24)18-7-3-4-9-20-18/h3-7,9,15-16H,8,10-14H2,1-2H3,(H,21,22). The third kappa shape index (κ3) is 4.98. The van der Waals surface area contributed by atoms with Gasteiger partial charge in [-0.2, -0.15) is 0 Å². The van der Waals surface area contributed by atoms with Gasteiger partial charge >= 0.3 is 0 Å². The quantitative estimate of drug-likeness (QED) is 0.668. The van der Waals surface area contributed by atoms with E-state index in [1.165, 1.54) is 0 Å². The minimum absolute atomic E-state index is 0.358. The van der Waals surface area contributed by atoms with Crippen molar-refractivity contribution in [3.05, 3.63) is 48.6 Å². The van der Waals surface area contributed by atoms with Crippen LogP contribution in [0.25, 0.3) is 0 Å². The molecule has 0 spiro atoms. The zero-order chi connectivity index (χ0) is 17.5. The lowest BCUT2D eigenvalue weighted by molar-refractivity contribution is 0.367. The maximum Gasteiger partial charge on any atom is 0.194 e. The van der Waals surface area contributed by atoms with Crippen LogP contribution in [-0.2, 0) is 6.42 Å². The van der Waals surface area contributed by atoms with E-state index in [4.69, 9.17) is 9.41 Å². The van der Waals surface area contributed by atoms with E-state index >= 15 is 0 Å². The van der Waals surface area contributed by atoms with Crippen LogP contribution in [0.5, 0.6) is 0 Å². The van der Waals surface area contributed by atoms with Crippen molar-refractivity contribution in [3.63, 3.8) is 0 Å². The number of aliphatic imine (C=N–C) groups is 1. The maximum atomic E-state index is 5.39. The van der Waals surface area contributed by atoms with E-state index in [9.17, 15) is 0 Å². The number of guanidine groups is 1. The number of furan rings is 1. The molecule has 1 N–H and O–H groups in total. The lowest BCUT2D eigenvalue weighted by atomic mass is 10.3. The molecule has 0 radical (unpaired) electrons. The predicted molar refractivity (Wildman–Crippen MR) is 101 cm³/mol. The Hall–Kier alpha value is -2.50. The highest BCUT2D eigenvalue weighted by Crippen LogP contribution is 2.12. The largest absolute Gasteiger partial charge is 0.469 e. The molecular weight excluding hydrogens is 314 g/mol. The van der Waals surface area contributed by atoms with E-state index in [0.29, 0.717) is 6.04 Å². The van der Waals surface area contributed by atoms with Crippen molar-refractivity contribution < 1.29 is 4.42 Å². The number of hydrogen-bond acceptors (Lipinski definition) is 4. The third-order valence-electron chi connectivity index (χ3n) is 4.17. The number of nitrogens with zero attached hydrogens (tertiary/aromatic N) is 4. The van der Waals surface area contributed by atoms with Gasteiger partial charge in [0.05, 0.1) is 6.26 Å². The second-order valence-electron chi connectivity index (χ2n) is 6.50. The molecule has 1 fully saturated rings. The highest BCUT2D eigenvalue weighted by molar-refractivity contribution is 5.80. The van der Waals surface area contributed by atoms with Gasteiger partial charge in [-0.25, -0.2) is 4.98 Å². The van der Waals surface area contributed by atoms with Gasteiger partial charge in [-0.3, -0.25) is 4.99 Å². The molecule has 1 aliphatic rings. The molecule has 0 atom stereocenters. The average Bonchev–Trinajstić information content (AvgIpc) is 3.15. The number of pyridine rings is 1. The summed E-state index contributed by atoms with van der Waals surface area (Å²) in [5, 5.41) is 3.50. The lowest BCUT2D eigenvalue weighted by Crippen LogP contribution is -2.53. The molecule has 1 aliphatic heterocycles. The smallest absolute Gasteiger partial charge is 0.194 e. The molecule has 0 aliphatic carbocycles. The van der Waals surface area contributed by atoms with Crippen molar-refractivity contribution in [1.82, 2.24) is 15.2 Å². The van der Waals surface area contributed by atoms with Crippen LogP contribution in [0.4, 0.5) is 5.82 Å². The zero-order valence-electron chi connectivity index (χ0n) is 15.1. The SMILES string of the molecule is CC(C)NC(=NCCc1ccco1)N1CCN(c2ccccn2)CC1. The van der Waals surface area contributed by atoms with E-state index < -0.39 is 0 Å². The molecule has 0 unspecified atom stereocenters. The van der Waals surface area contributed by atoms with Crippen LogP contribution in [0, 0.1) is 0 Å². The lowest BCUT2D eigenvalue weighted by Gasteiger charge is -2.37. The van der Waals surface area contributed by atoms with Crippen molar-refractivity contribution in [1.29, 1.82) is 0 Å². The summed E-state index contributed by atoms with van der Waals surface area (Å²) >= 11 is 0. The van der Waals surface area contributed by atoms with Gasteiger partial charge in [0.2, 0.25) is 0 Å². The van der Waals surface area contributed by atoms with Crippen molar-refractivity contribution in [2.75, 3.05) is 37.6 Å². The molecule has 2 aromatic heterocycles. The Kier molecular flexibility index (Phi) is 5.93. The monoisotopic (exact) mass is 341 g/mol. The Balaban J connectivity index is 1.58. The minimum Gasteiger partial charge on any atom is -0.469 e. The van der Waals surface area contributed by atoms with Crippen LogP contribution >= 0.6 is 0 Å². The van der Waals surface area contributed by atoms with Crippen LogP contribution in [0.3, 0.4) is 0 Å². The van der Waals surface area contributed by atoms with Gasteiger partial charge in [-0.05, 0) is 38.1 Å². The molecule has 0 amide bonds. The summed E-state index contributed by atoms with van der Waals surface area (Å²) in [4.78, 5) is 13.9. The molecule has 2 aromatic rings. The van der Waals surface area contributed by atoms with Gasteiger partial charge in [-0.1, -0.05) is 6.07 Å². The van der Waals surface area contributed by atoms with Crippen LogP contribution < -0.4 is 10.2 Å². The minimum atomic E-state index is 0.358. The van der Waals surface area contributed by atoms with Gasteiger partial charge < -0.3 is 19.5 Å². The fraction of sp³-hybridized carbons (Fsp3) is 0.474. The first-order chi connectivity index (χ1) is 12.2. The molecule has 25 heavy (non-hydrogen) atoms. The molecule has 3 heterocycles. The van der Waals surface area contributed by atoms with E-state index in [1.807, 2.05) is 30.5 Å². The normalized spacial score (nSPS) is 15.7. The Morgan fingerprint density at radius 3 is 2.68 bits per heavy atom. The van der Waals surface area contributed by atoms with Gasteiger partial charge in [0.1, 0.15) is 11.6 Å². The van der Waals surface area contributed by atoms with Crippen LogP contribution in [0.1, 0.15) is 19.6 Å². The van der Waals surface area contributed by atoms with Gasteiger partial charge in [0.15, 0.2) is 5.96 Å². The van der Waals surface area contributed by atoms with Gasteiger partial charge in [-0.15, -0.1) is 0 Å². The summed E-state index contributed by atoms with van der Waals surface area (Å²) in [5.74, 6) is 3.02. The summed E-state index contributed by atoms with van der Waals surface area (Å²) in [6.45, 7) is 8.80. The summed E-state index contributed by atoms with van der Waals surface area (Å²) in [7, 11) is 0. The number of nitrogens with one attached hydrogen (secondary N) is 1. The Labute approximate surface area is 149 Å². The summed E-state index contributed by atoms with van der Waals surface area (Å²) in [5.41, 5.74) is 0. The topological polar surface area (TPSA) is 56.9 Å². The Morgan fingerprint density at radius 2 is 2.04 bits per heavy atom. The molecule has 0 aromatic carbocycles. The number of piperazine rings is 1. The van der Waals surface area contributed by atoms with E-state index in [0.717, 1.165) is 56.7 Å². The first-order valence-electron chi connectivity index (χ1n) is 8.96. The summed E-state index contributed by atoms with van der Waals surface area (Å²) in [6, 6.07) is 10.3. The Bertz CT molecular complexity index is 646. The van der Waals surface area contributed by atoms with E-state index in [-0.39, 0.29) is 0 Å². The van der Waals surface area contributed by atoms with Crippen molar-refractivity contribution in [2.45, 2.75) is 26.3 Å². The first-order valence-corrected chi connectivity index (χ1v) is 8.96. The molecular formula is C19H27N5O. The summed E-state index contributed by atoms with van der Waals surface area (Å²) < 4.78 is 5.39. The molecule has 0 saturated carbocycles. The number of rotatable bonds is 5. The van der Waals surface area contributed by atoms with Crippen LogP contribution in [0.2, 0.25) is 0 Å². The van der Waals surface area contributed by atoms with Gasteiger partial charge in [0, 0.05) is 51.4 Å². The van der Waals surface area contributed by atoms with Crippen LogP contribution in [0.15, 0.2) is 52.2 Å². The maximum absolute atomic E-state index is 5.39. The molecule has 1 saturated heterocycles. The highest BCUT2D eigenvalue weighted by Gasteiger charge is 2.20. The fourth-order valence-electron chi connectivity index (χ4n) is 2.91. The molecule has 0 bridgehead atoms. The molecule has 134 valence electrons. The van der Waals surface area contributed by atoms with Gasteiger partial charge in [0.25, 0.3) is 0 Å². The highest BCUT2D eigenvalue weighted by atomic mass is 16.3. The predicted octanol–water partition coefficient (Wildman–Crippen LogP) is 2.39. The third-order valence-corrected chi connectivity index (χ3v) is 4.17. The first kappa shape index (κ1) is 17.3. The molecule has 6 nitrogen and oxygen atoms in total. The Morgan fingerprint density at radius 1 is 1.20 bits per heavy atom. The van der Waals surface area contributed by atoms with E-state index in [2.05, 4.69) is 40.0 Å².